The number of hydrogen-bond donors (Lipinski definition) is 0. The minimum Gasteiger partial charge on any atom is -0.411 e. The van der Waals surface area contributed by atoms with E-state index in [1.54, 1.807) is 0 Å². The first-order chi connectivity index (χ1) is 27.2. The predicted molar refractivity (Wildman–Crippen MR) is 251 cm³/mol. The van der Waals surface area contributed by atoms with Gasteiger partial charge < -0.3 is 32.3 Å². The lowest BCUT2D eigenvalue weighted by Crippen LogP contribution is -2.64. The summed E-state index contributed by atoms with van der Waals surface area (Å²) in [4.78, 5) is 13.2. The Hall–Kier alpha value is -1.48. The second kappa shape index (κ2) is 22.6. The molecule has 7 atom stereocenters. The summed E-state index contributed by atoms with van der Waals surface area (Å²) in [6.45, 7) is 33.3. The fourth-order valence-corrected chi connectivity index (χ4v) is 13.1. The molecule has 2 aliphatic heterocycles. The molecule has 3 rings (SSSR count). The molecule has 1 saturated carbocycles. The van der Waals surface area contributed by atoms with Gasteiger partial charge in [0.05, 0.1) is 18.3 Å². The predicted octanol–water partition coefficient (Wildman–Crippen LogP) is 13.1. The molecular weight excluding hydrogens is 773 g/mol. The molecule has 58 heavy (non-hydrogen) atoms. The zero-order valence-electron chi connectivity index (χ0n) is 39.0. The first-order valence-electron chi connectivity index (χ1n) is 22.7. The van der Waals surface area contributed by atoms with E-state index >= 15 is 0 Å². The van der Waals surface area contributed by atoms with Crippen molar-refractivity contribution in [3.05, 3.63) is 73.4 Å². The molecule has 0 aromatic rings. The second-order valence-corrected chi connectivity index (χ2v) is 34.1. The van der Waals surface area contributed by atoms with Gasteiger partial charge in [-0.25, -0.2) is 0 Å². The van der Waals surface area contributed by atoms with Crippen LogP contribution in [-0.4, -0.2) is 79.8 Å². The van der Waals surface area contributed by atoms with Crippen molar-refractivity contribution in [2.24, 2.45) is 0 Å². The number of hydrogen-bond acceptors (Lipinski definition) is 7. The zero-order valence-corrected chi connectivity index (χ0v) is 42.0. The molecule has 7 nitrogen and oxygen atoms in total. The molecule has 0 unspecified atom stereocenters. The van der Waals surface area contributed by atoms with Crippen LogP contribution in [0.1, 0.15) is 120 Å². The van der Waals surface area contributed by atoms with Gasteiger partial charge in [0.15, 0.2) is 30.7 Å². The van der Waals surface area contributed by atoms with Crippen molar-refractivity contribution >= 4 is 31.2 Å². The number of allylic oxidation sites excluding steroid dienone is 10. The van der Waals surface area contributed by atoms with E-state index in [9.17, 15) is 4.79 Å². The van der Waals surface area contributed by atoms with E-state index in [2.05, 4.69) is 150 Å². The minimum atomic E-state index is -2.36. The average Bonchev–Trinajstić information content (AvgIpc) is 3.77. The van der Waals surface area contributed by atoms with E-state index < -0.39 is 61.3 Å². The highest BCUT2D eigenvalue weighted by atomic mass is 28.4. The van der Waals surface area contributed by atoms with Crippen molar-refractivity contribution in [1.82, 2.24) is 0 Å². The van der Waals surface area contributed by atoms with E-state index in [-0.39, 0.29) is 22.3 Å². The van der Waals surface area contributed by atoms with Gasteiger partial charge in [-0.2, -0.15) is 0 Å². The van der Waals surface area contributed by atoms with Crippen molar-refractivity contribution in [2.45, 2.75) is 223 Å². The van der Waals surface area contributed by atoms with E-state index in [1.807, 2.05) is 12.2 Å². The van der Waals surface area contributed by atoms with Gasteiger partial charge in [-0.1, -0.05) is 136 Å². The van der Waals surface area contributed by atoms with Crippen LogP contribution in [0.2, 0.25) is 54.4 Å². The lowest BCUT2D eigenvalue weighted by atomic mass is 9.90. The third-order valence-corrected chi connectivity index (χ3v) is 27.3. The minimum absolute atomic E-state index is 0.0246. The summed E-state index contributed by atoms with van der Waals surface area (Å²) in [5.41, 5.74) is 0. The van der Waals surface area contributed by atoms with Gasteiger partial charge in [-0.3, -0.25) is 0 Å². The molecule has 0 amide bonds. The zero-order chi connectivity index (χ0) is 43.3. The number of ether oxygens (including phenoxy) is 3. The molecular formula is C48H84O7Si3. The van der Waals surface area contributed by atoms with Crippen LogP contribution in [0.25, 0.3) is 0 Å². The van der Waals surface area contributed by atoms with Gasteiger partial charge in [0.25, 0.3) is 0 Å². The van der Waals surface area contributed by atoms with E-state index in [4.69, 9.17) is 27.5 Å². The lowest BCUT2D eigenvalue weighted by Gasteiger charge is -2.52. The van der Waals surface area contributed by atoms with Crippen LogP contribution in [0.15, 0.2) is 73.4 Å². The highest BCUT2D eigenvalue weighted by molar-refractivity contribution is 6.75. The fourth-order valence-electron chi connectivity index (χ4n) is 7.69. The fraction of sp³-hybridized carbons (Fsp3) is 0.729. The number of rotatable bonds is 22. The normalized spacial score (nSPS) is 27.1. The van der Waals surface area contributed by atoms with Gasteiger partial charge in [0.1, 0.15) is 30.7 Å². The van der Waals surface area contributed by atoms with Gasteiger partial charge >= 0.3 is 0 Å². The first-order valence-corrected chi connectivity index (χ1v) is 31.0. The summed E-state index contributed by atoms with van der Waals surface area (Å²) in [7, 11) is -6.83. The topological polar surface area (TPSA) is 72.5 Å². The third-order valence-electron chi connectivity index (χ3n) is 13.7. The summed E-state index contributed by atoms with van der Waals surface area (Å²) in [6, 6.07) is 2.86. The maximum absolute atomic E-state index is 13.2. The Bertz CT molecular complexity index is 1400. The summed E-state index contributed by atoms with van der Waals surface area (Å²) in [5.74, 6) is -0.650. The van der Waals surface area contributed by atoms with E-state index in [0.717, 1.165) is 75.8 Å². The second-order valence-electron chi connectivity index (χ2n) is 19.9. The number of carbonyl (C=O) groups is 1. The molecule has 0 N–H and O–H groups in total. The Morgan fingerprint density at radius 3 is 1.74 bits per heavy atom. The molecule has 1 aliphatic carbocycles. The van der Waals surface area contributed by atoms with Gasteiger partial charge in [-0.15, -0.1) is 0 Å². The molecule has 1 spiro atoms. The summed E-state index contributed by atoms with van der Waals surface area (Å²) in [6.07, 6.45) is 29.1. The smallest absolute Gasteiger partial charge is 0.193 e. The molecule has 330 valence electrons. The lowest BCUT2D eigenvalue weighted by molar-refractivity contribution is -0.228. The number of aldehydes is 1. The molecule has 2 heterocycles. The van der Waals surface area contributed by atoms with Gasteiger partial charge in [-0.05, 0) is 92.9 Å². The van der Waals surface area contributed by atoms with Crippen LogP contribution in [0.4, 0.5) is 0 Å². The molecule has 10 heteroatoms. The highest BCUT2D eigenvalue weighted by Crippen LogP contribution is 2.48. The Balaban J connectivity index is 2.01. The SMILES string of the molecule is C=C/C=C/CC/C=C/C=C/C=C/CC/C=C/[C@H]1OC2(CCCC2)O[C@@H]1[C@@H]1O[C@@H]([C@@H](C=O)O[Si](CC)(CC)CC)C[C@@H](O[Si](C)(C)C(C)(C)C)[C@H]1O[Si](C)(C)C(C)(C)C. The van der Waals surface area contributed by atoms with Crippen molar-refractivity contribution < 1.29 is 32.3 Å². The van der Waals surface area contributed by atoms with Crippen LogP contribution in [0, 0.1) is 0 Å². The average molecular weight is 857 g/mol. The van der Waals surface area contributed by atoms with Crippen molar-refractivity contribution in [2.75, 3.05) is 0 Å². The van der Waals surface area contributed by atoms with Crippen molar-refractivity contribution in [3.8, 4) is 0 Å². The van der Waals surface area contributed by atoms with Crippen LogP contribution in [-0.2, 0) is 32.3 Å². The van der Waals surface area contributed by atoms with Crippen LogP contribution in [0.3, 0.4) is 0 Å². The van der Waals surface area contributed by atoms with Crippen molar-refractivity contribution in [3.63, 3.8) is 0 Å². The van der Waals surface area contributed by atoms with E-state index in [1.165, 1.54) is 0 Å². The van der Waals surface area contributed by atoms with Crippen LogP contribution >= 0.6 is 0 Å². The van der Waals surface area contributed by atoms with Crippen LogP contribution < -0.4 is 0 Å². The standard InChI is InChI=1S/C48H84O7Si3/c1-15-19-20-21-22-23-24-25-26-27-28-29-30-31-34-39-43(52-48(51-39)35-32-33-36-48)45-44(55-57(13,14)47(8,9)10)41(53-56(11,12)46(5,6)7)37-40(50-45)42(38-49)54-58(16-2,17-3)18-4/h15,19-20,23-28,31,34,38-45H,1,16-18,21-22,29-30,32-33,35-37H2,2-14H3/b20-19+,24-23+,26-25+,28-27+,34-31+/t39-,40-,41-,42-,43+,44-,45+/m1/s1. The van der Waals surface area contributed by atoms with Crippen LogP contribution in [0.5, 0.6) is 0 Å². The summed E-state index contributed by atoms with van der Waals surface area (Å²) in [5, 5.41) is -0.0665. The third kappa shape index (κ3) is 14.0. The Morgan fingerprint density at radius 1 is 0.724 bits per heavy atom. The quantitative estimate of drug-likeness (QED) is 0.0353. The van der Waals surface area contributed by atoms with E-state index in [0.29, 0.717) is 6.42 Å². The summed E-state index contributed by atoms with van der Waals surface area (Å²) < 4.78 is 43.3. The molecule has 0 aromatic carbocycles. The summed E-state index contributed by atoms with van der Waals surface area (Å²) >= 11 is 0. The Kier molecular flexibility index (Phi) is 19.8. The Morgan fingerprint density at radius 2 is 1.24 bits per heavy atom. The maximum atomic E-state index is 13.2. The molecule has 3 aliphatic rings. The molecule has 0 bridgehead atoms. The first kappa shape index (κ1) is 50.9. The van der Waals surface area contributed by atoms with Gasteiger partial charge in [0, 0.05) is 19.3 Å². The van der Waals surface area contributed by atoms with Crippen molar-refractivity contribution in [1.29, 1.82) is 0 Å². The number of carbonyl (C=O) groups excluding carboxylic acids is 1. The monoisotopic (exact) mass is 857 g/mol. The van der Waals surface area contributed by atoms with Gasteiger partial charge in [0.2, 0.25) is 0 Å². The highest BCUT2D eigenvalue weighted by Gasteiger charge is 2.59. The number of unbranched alkanes of at least 4 members (excludes halogenated alkanes) is 2. The largest absolute Gasteiger partial charge is 0.411 e. The maximum Gasteiger partial charge on any atom is 0.193 e. The molecule has 0 aromatic heterocycles. The molecule has 3 fully saturated rings. The molecule has 2 saturated heterocycles. The Labute approximate surface area is 358 Å². The molecule has 0 radical (unpaired) electrons.